The molecule has 0 fully saturated rings. The second-order valence-electron chi connectivity index (χ2n) is 3.40. The summed E-state index contributed by atoms with van der Waals surface area (Å²) in [7, 11) is 0. The molecule has 1 heterocycles. The summed E-state index contributed by atoms with van der Waals surface area (Å²) in [4.78, 5) is 27.8. The highest BCUT2D eigenvalue weighted by molar-refractivity contribution is 6.18. The molecule has 1 rings (SSSR count). The predicted octanol–water partition coefficient (Wildman–Crippen LogP) is 1.47. The number of H-pyrrole nitrogens is 1. The lowest BCUT2D eigenvalue weighted by Gasteiger charge is -2.20. The molecule has 0 aliphatic carbocycles. The van der Waals surface area contributed by atoms with Gasteiger partial charge in [0.1, 0.15) is 5.56 Å². The highest BCUT2D eigenvalue weighted by Gasteiger charge is 2.16. The van der Waals surface area contributed by atoms with Gasteiger partial charge < -0.3 is 9.88 Å². The van der Waals surface area contributed by atoms with E-state index in [2.05, 4.69) is 4.98 Å². The number of hydrogen-bond donors (Lipinski definition) is 1. The molecule has 16 heavy (non-hydrogen) atoms. The standard InChI is InChI=1S/C11H15ClN2O2/c1-2-6-14(7-4-12)11(16)9-8-13-5-3-10(9)15/h3,5,8H,2,4,6-7H2,1H3,(H,13,15). The van der Waals surface area contributed by atoms with Crippen LogP contribution >= 0.6 is 11.6 Å². The molecule has 88 valence electrons. The van der Waals surface area contributed by atoms with Gasteiger partial charge >= 0.3 is 0 Å². The van der Waals surface area contributed by atoms with Crippen LogP contribution in [0.5, 0.6) is 0 Å². The molecular formula is C11H15ClN2O2. The third-order valence-electron chi connectivity index (χ3n) is 2.19. The van der Waals surface area contributed by atoms with E-state index in [1.165, 1.54) is 18.5 Å². The zero-order valence-electron chi connectivity index (χ0n) is 9.20. The van der Waals surface area contributed by atoms with E-state index in [0.29, 0.717) is 19.0 Å². The smallest absolute Gasteiger partial charge is 0.259 e. The molecule has 0 radical (unpaired) electrons. The van der Waals surface area contributed by atoms with Crippen molar-refractivity contribution in [2.75, 3.05) is 19.0 Å². The summed E-state index contributed by atoms with van der Waals surface area (Å²) in [5.74, 6) is 0.112. The fraction of sp³-hybridized carbons (Fsp3) is 0.455. The Kier molecular flexibility index (Phi) is 5.05. The minimum absolute atomic E-state index is 0.168. The Balaban J connectivity index is 2.90. The first kappa shape index (κ1) is 12.8. The van der Waals surface area contributed by atoms with Crippen molar-refractivity contribution < 1.29 is 4.79 Å². The third kappa shape index (κ3) is 3.10. The largest absolute Gasteiger partial charge is 0.367 e. The SMILES string of the molecule is CCCN(CCCl)C(=O)c1c[nH]ccc1=O. The molecule has 1 aromatic rings. The molecule has 0 aliphatic heterocycles. The number of carbonyl (C=O) groups excluding carboxylic acids is 1. The van der Waals surface area contributed by atoms with Gasteiger partial charge in [0.15, 0.2) is 5.43 Å². The fourth-order valence-corrected chi connectivity index (χ4v) is 1.64. The Morgan fingerprint density at radius 1 is 1.50 bits per heavy atom. The van der Waals surface area contributed by atoms with Crippen LogP contribution in [0.1, 0.15) is 23.7 Å². The van der Waals surface area contributed by atoms with Gasteiger partial charge in [0.05, 0.1) is 0 Å². The lowest BCUT2D eigenvalue weighted by atomic mass is 10.2. The molecule has 0 unspecified atom stereocenters. The number of amides is 1. The van der Waals surface area contributed by atoms with E-state index in [9.17, 15) is 9.59 Å². The van der Waals surface area contributed by atoms with Crippen LogP contribution in [0.2, 0.25) is 0 Å². The average Bonchev–Trinajstić information content (AvgIpc) is 2.28. The highest BCUT2D eigenvalue weighted by atomic mass is 35.5. The van der Waals surface area contributed by atoms with Crippen LogP contribution in [0.3, 0.4) is 0 Å². The summed E-state index contributed by atoms with van der Waals surface area (Å²) in [5, 5.41) is 0. The molecule has 1 N–H and O–H groups in total. The molecule has 0 saturated carbocycles. The molecule has 5 heteroatoms. The summed E-state index contributed by atoms with van der Waals surface area (Å²) in [6.45, 7) is 3.05. The number of nitrogens with one attached hydrogen (secondary N) is 1. The summed E-state index contributed by atoms with van der Waals surface area (Å²) < 4.78 is 0. The van der Waals surface area contributed by atoms with Gasteiger partial charge in [-0.1, -0.05) is 6.92 Å². The van der Waals surface area contributed by atoms with Gasteiger partial charge in [-0.3, -0.25) is 9.59 Å². The van der Waals surface area contributed by atoms with Crippen molar-refractivity contribution in [3.63, 3.8) is 0 Å². The molecule has 0 aromatic carbocycles. The highest BCUT2D eigenvalue weighted by Crippen LogP contribution is 2.00. The van der Waals surface area contributed by atoms with E-state index in [1.54, 1.807) is 4.90 Å². The van der Waals surface area contributed by atoms with Crippen LogP contribution in [0.4, 0.5) is 0 Å². The maximum atomic E-state index is 12.0. The summed E-state index contributed by atoms with van der Waals surface area (Å²) >= 11 is 5.62. The van der Waals surface area contributed by atoms with Gasteiger partial charge in [0.25, 0.3) is 5.91 Å². The number of nitrogens with zero attached hydrogens (tertiary/aromatic N) is 1. The summed E-state index contributed by atoms with van der Waals surface area (Å²) in [6.07, 6.45) is 3.78. The number of alkyl halides is 1. The van der Waals surface area contributed by atoms with Crippen molar-refractivity contribution in [1.82, 2.24) is 9.88 Å². The Morgan fingerprint density at radius 3 is 2.81 bits per heavy atom. The molecule has 1 amide bonds. The molecule has 0 saturated heterocycles. The van der Waals surface area contributed by atoms with Crippen molar-refractivity contribution in [1.29, 1.82) is 0 Å². The first-order chi connectivity index (χ1) is 7.70. The number of rotatable bonds is 5. The molecule has 0 bridgehead atoms. The normalized spacial score (nSPS) is 10.1. The Hall–Kier alpha value is -1.29. The minimum atomic E-state index is -0.264. The Bertz CT molecular complexity index is 397. The second-order valence-corrected chi connectivity index (χ2v) is 3.78. The van der Waals surface area contributed by atoms with Crippen LogP contribution < -0.4 is 5.43 Å². The van der Waals surface area contributed by atoms with Gasteiger partial charge in [0.2, 0.25) is 0 Å². The lowest BCUT2D eigenvalue weighted by molar-refractivity contribution is 0.0764. The van der Waals surface area contributed by atoms with Crippen LogP contribution in [0.25, 0.3) is 0 Å². The first-order valence-corrected chi connectivity index (χ1v) is 5.76. The zero-order chi connectivity index (χ0) is 12.0. The average molecular weight is 243 g/mol. The maximum absolute atomic E-state index is 12.0. The van der Waals surface area contributed by atoms with Crippen LogP contribution in [0.15, 0.2) is 23.3 Å². The van der Waals surface area contributed by atoms with E-state index < -0.39 is 0 Å². The molecule has 4 nitrogen and oxygen atoms in total. The summed E-state index contributed by atoms with van der Waals surface area (Å²) in [6, 6.07) is 1.35. The number of carbonyl (C=O) groups is 1. The number of hydrogen-bond acceptors (Lipinski definition) is 2. The number of halogens is 1. The van der Waals surface area contributed by atoms with E-state index in [4.69, 9.17) is 11.6 Å². The van der Waals surface area contributed by atoms with Gasteiger partial charge in [-0.05, 0) is 6.42 Å². The van der Waals surface area contributed by atoms with E-state index in [1.807, 2.05) is 6.92 Å². The maximum Gasteiger partial charge on any atom is 0.259 e. The van der Waals surface area contributed by atoms with Crippen molar-refractivity contribution in [3.8, 4) is 0 Å². The lowest BCUT2D eigenvalue weighted by Crippen LogP contribution is -2.36. The topological polar surface area (TPSA) is 53.2 Å². The molecule has 0 spiro atoms. The van der Waals surface area contributed by atoms with Crippen molar-refractivity contribution in [2.45, 2.75) is 13.3 Å². The zero-order valence-corrected chi connectivity index (χ0v) is 9.96. The predicted molar refractivity (Wildman–Crippen MR) is 64.0 cm³/mol. The molecule has 0 aliphatic rings. The number of aromatic nitrogens is 1. The van der Waals surface area contributed by atoms with Crippen molar-refractivity contribution in [3.05, 3.63) is 34.2 Å². The van der Waals surface area contributed by atoms with Crippen LogP contribution in [-0.4, -0.2) is 34.8 Å². The van der Waals surface area contributed by atoms with Gasteiger partial charge in [-0.25, -0.2) is 0 Å². The quantitative estimate of drug-likeness (QED) is 0.795. The number of pyridine rings is 1. The monoisotopic (exact) mass is 242 g/mol. The Morgan fingerprint density at radius 2 is 2.25 bits per heavy atom. The van der Waals surface area contributed by atoms with Crippen molar-refractivity contribution >= 4 is 17.5 Å². The first-order valence-electron chi connectivity index (χ1n) is 5.23. The fourth-order valence-electron chi connectivity index (χ4n) is 1.44. The second kappa shape index (κ2) is 6.33. The summed E-state index contributed by atoms with van der Waals surface area (Å²) in [5.41, 5.74) is -0.0968. The van der Waals surface area contributed by atoms with Crippen LogP contribution in [0, 0.1) is 0 Å². The van der Waals surface area contributed by atoms with E-state index in [-0.39, 0.29) is 16.9 Å². The van der Waals surface area contributed by atoms with Gasteiger partial charge in [-0.15, -0.1) is 11.6 Å². The third-order valence-corrected chi connectivity index (χ3v) is 2.36. The number of aromatic amines is 1. The molecule has 1 aromatic heterocycles. The molecular weight excluding hydrogens is 228 g/mol. The van der Waals surface area contributed by atoms with Gasteiger partial charge in [0, 0.05) is 37.4 Å². The van der Waals surface area contributed by atoms with E-state index >= 15 is 0 Å². The Labute approximate surface area is 99.2 Å². The van der Waals surface area contributed by atoms with Crippen LogP contribution in [-0.2, 0) is 0 Å². The van der Waals surface area contributed by atoms with E-state index in [0.717, 1.165) is 6.42 Å². The minimum Gasteiger partial charge on any atom is -0.367 e. The van der Waals surface area contributed by atoms with Gasteiger partial charge in [-0.2, -0.15) is 0 Å². The van der Waals surface area contributed by atoms with Crippen molar-refractivity contribution in [2.24, 2.45) is 0 Å². The molecule has 0 atom stereocenters.